The van der Waals surface area contributed by atoms with Crippen LogP contribution in [0.2, 0.25) is 0 Å². The third kappa shape index (κ3) is 3.52. The molecule has 1 atom stereocenters. The van der Waals surface area contributed by atoms with E-state index < -0.39 is 6.36 Å². The molecule has 1 aliphatic rings. The van der Waals surface area contributed by atoms with E-state index in [1.54, 1.807) is 11.9 Å². The molecule has 7 heteroatoms. The van der Waals surface area contributed by atoms with Crippen molar-refractivity contribution in [3.8, 4) is 5.75 Å². The van der Waals surface area contributed by atoms with Crippen LogP contribution < -0.4 is 10.1 Å². The highest BCUT2D eigenvalue weighted by Gasteiger charge is 2.31. The molecule has 0 aromatic heterocycles. The monoisotopic (exact) mass is 274 g/mol. The summed E-state index contributed by atoms with van der Waals surface area (Å²) in [6.45, 7) is 0. The number of carbonyl (C=O) groups is 1. The van der Waals surface area contributed by atoms with Crippen LogP contribution in [0.15, 0.2) is 24.3 Å². The highest BCUT2D eigenvalue weighted by molar-refractivity contribution is 5.79. The van der Waals surface area contributed by atoms with E-state index in [9.17, 15) is 18.0 Å². The van der Waals surface area contributed by atoms with Gasteiger partial charge in [-0.15, -0.1) is 13.2 Å². The highest BCUT2D eigenvalue weighted by Crippen LogP contribution is 2.25. The Morgan fingerprint density at radius 1 is 1.32 bits per heavy atom. The van der Waals surface area contributed by atoms with Crippen LogP contribution in [-0.2, 0) is 4.79 Å². The number of nitrogens with zero attached hydrogens (tertiary/aromatic N) is 1. The van der Waals surface area contributed by atoms with Crippen LogP contribution in [-0.4, -0.2) is 30.4 Å². The summed E-state index contributed by atoms with van der Waals surface area (Å²) in [7, 11) is 1.69. The fraction of sp³-hybridized carbons (Fsp3) is 0.417. The molecule has 0 aliphatic carbocycles. The second kappa shape index (κ2) is 4.99. The predicted molar refractivity (Wildman–Crippen MR) is 62.5 cm³/mol. The minimum Gasteiger partial charge on any atom is -0.406 e. The Hall–Kier alpha value is -1.92. The summed E-state index contributed by atoms with van der Waals surface area (Å²) >= 11 is 0. The lowest BCUT2D eigenvalue weighted by Crippen LogP contribution is -2.34. The Morgan fingerprint density at radius 2 is 1.95 bits per heavy atom. The van der Waals surface area contributed by atoms with E-state index in [4.69, 9.17) is 0 Å². The fourth-order valence-electron chi connectivity index (χ4n) is 1.92. The minimum atomic E-state index is -4.69. The largest absolute Gasteiger partial charge is 0.573 e. The molecule has 1 amide bonds. The molecule has 0 saturated carbocycles. The Labute approximate surface area is 108 Å². The van der Waals surface area contributed by atoms with Crippen LogP contribution in [0.25, 0.3) is 0 Å². The molecule has 2 rings (SSSR count). The minimum absolute atomic E-state index is 0.0505. The Kier molecular flexibility index (Phi) is 3.55. The SMILES string of the molecule is CN1C(=O)CCC1Nc1ccc(OC(F)(F)F)cc1. The van der Waals surface area contributed by atoms with Gasteiger partial charge in [-0.1, -0.05) is 0 Å². The lowest BCUT2D eigenvalue weighted by molar-refractivity contribution is -0.274. The molecule has 104 valence electrons. The molecule has 0 bridgehead atoms. The molecule has 1 heterocycles. The lowest BCUT2D eigenvalue weighted by atomic mass is 10.2. The zero-order valence-electron chi connectivity index (χ0n) is 10.2. The topological polar surface area (TPSA) is 41.6 Å². The normalized spacial score (nSPS) is 19.7. The van der Waals surface area contributed by atoms with Crippen molar-refractivity contribution < 1.29 is 22.7 Å². The number of ether oxygens (including phenoxy) is 1. The van der Waals surface area contributed by atoms with E-state index in [0.29, 0.717) is 18.5 Å². The Balaban J connectivity index is 1.97. The number of carbonyl (C=O) groups excluding carboxylic acids is 1. The van der Waals surface area contributed by atoms with E-state index >= 15 is 0 Å². The second-order valence-corrected chi connectivity index (χ2v) is 4.28. The molecule has 4 nitrogen and oxygen atoms in total. The lowest BCUT2D eigenvalue weighted by Gasteiger charge is -2.22. The maximum atomic E-state index is 12.0. The summed E-state index contributed by atoms with van der Waals surface area (Å²) < 4.78 is 39.7. The van der Waals surface area contributed by atoms with Gasteiger partial charge in [0.2, 0.25) is 5.91 Å². The number of hydrogen-bond donors (Lipinski definition) is 1. The quantitative estimate of drug-likeness (QED) is 0.921. The van der Waals surface area contributed by atoms with Crippen LogP contribution in [0.1, 0.15) is 12.8 Å². The first-order valence-electron chi connectivity index (χ1n) is 5.73. The van der Waals surface area contributed by atoms with Gasteiger partial charge in [0.25, 0.3) is 0 Å². The molecule has 1 aromatic rings. The second-order valence-electron chi connectivity index (χ2n) is 4.28. The standard InChI is InChI=1S/C12H13F3N2O2/c1-17-10(6-7-11(17)18)16-8-2-4-9(5-3-8)19-12(13,14)15/h2-5,10,16H,6-7H2,1H3. The van der Waals surface area contributed by atoms with Crippen LogP contribution >= 0.6 is 0 Å². The van der Waals surface area contributed by atoms with Crippen LogP contribution in [0.4, 0.5) is 18.9 Å². The summed E-state index contributed by atoms with van der Waals surface area (Å²) in [5, 5.41) is 3.08. The summed E-state index contributed by atoms with van der Waals surface area (Å²) in [4.78, 5) is 12.9. The van der Waals surface area contributed by atoms with Crippen LogP contribution in [0, 0.1) is 0 Å². The Bertz CT molecular complexity index is 459. The Morgan fingerprint density at radius 3 is 2.42 bits per heavy atom. The third-order valence-electron chi connectivity index (χ3n) is 2.91. The van der Waals surface area contributed by atoms with E-state index in [0.717, 1.165) is 0 Å². The summed E-state index contributed by atoms with van der Waals surface area (Å²) in [6.07, 6.45) is -3.66. The van der Waals surface area contributed by atoms with Gasteiger partial charge in [-0.25, -0.2) is 0 Å². The third-order valence-corrected chi connectivity index (χ3v) is 2.91. The number of anilines is 1. The van der Waals surface area contributed by atoms with Crippen molar-refractivity contribution in [3.05, 3.63) is 24.3 Å². The van der Waals surface area contributed by atoms with Crippen molar-refractivity contribution in [2.75, 3.05) is 12.4 Å². The van der Waals surface area contributed by atoms with Crippen molar-refractivity contribution in [3.63, 3.8) is 0 Å². The average Bonchev–Trinajstić information content (AvgIpc) is 2.62. The van der Waals surface area contributed by atoms with E-state index in [-0.39, 0.29) is 17.8 Å². The number of hydrogen-bond acceptors (Lipinski definition) is 3. The molecule has 1 saturated heterocycles. The molecule has 1 fully saturated rings. The van der Waals surface area contributed by atoms with Crippen molar-refractivity contribution in [2.45, 2.75) is 25.4 Å². The number of benzene rings is 1. The maximum Gasteiger partial charge on any atom is 0.573 e. The zero-order valence-corrected chi connectivity index (χ0v) is 10.2. The molecule has 19 heavy (non-hydrogen) atoms. The number of likely N-dealkylation sites (tertiary alicyclic amines) is 1. The maximum absolute atomic E-state index is 12.0. The van der Waals surface area contributed by atoms with Crippen molar-refractivity contribution in [1.82, 2.24) is 4.90 Å². The molecule has 1 aliphatic heterocycles. The first-order chi connectivity index (χ1) is 8.85. The van der Waals surface area contributed by atoms with Gasteiger partial charge >= 0.3 is 6.36 Å². The van der Waals surface area contributed by atoms with Gasteiger partial charge in [0.15, 0.2) is 0 Å². The van der Waals surface area contributed by atoms with Crippen LogP contribution in [0.5, 0.6) is 5.75 Å². The molecule has 1 aromatic carbocycles. The summed E-state index contributed by atoms with van der Waals surface area (Å²) in [6, 6.07) is 5.43. The first-order valence-corrected chi connectivity index (χ1v) is 5.73. The number of alkyl halides is 3. The van der Waals surface area contributed by atoms with E-state index in [1.165, 1.54) is 24.3 Å². The number of rotatable bonds is 3. The van der Waals surface area contributed by atoms with Crippen LogP contribution in [0.3, 0.4) is 0 Å². The van der Waals surface area contributed by atoms with Gasteiger partial charge < -0.3 is 15.0 Å². The zero-order chi connectivity index (χ0) is 14.0. The van der Waals surface area contributed by atoms with Gasteiger partial charge in [0.1, 0.15) is 11.9 Å². The molecule has 1 N–H and O–H groups in total. The van der Waals surface area contributed by atoms with Gasteiger partial charge in [-0.05, 0) is 30.7 Å². The number of halogens is 3. The molecule has 0 spiro atoms. The number of nitrogens with one attached hydrogen (secondary N) is 1. The predicted octanol–water partition coefficient (Wildman–Crippen LogP) is 2.58. The van der Waals surface area contributed by atoms with Gasteiger partial charge in [-0.3, -0.25) is 4.79 Å². The fourth-order valence-corrected chi connectivity index (χ4v) is 1.92. The molecular weight excluding hydrogens is 261 g/mol. The van der Waals surface area contributed by atoms with E-state index in [2.05, 4.69) is 10.1 Å². The molecule has 1 unspecified atom stereocenters. The van der Waals surface area contributed by atoms with Crippen molar-refractivity contribution >= 4 is 11.6 Å². The van der Waals surface area contributed by atoms with Gasteiger partial charge in [-0.2, -0.15) is 0 Å². The smallest absolute Gasteiger partial charge is 0.406 e. The number of amides is 1. The van der Waals surface area contributed by atoms with Crippen molar-refractivity contribution in [1.29, 1.82) is 0 Å². The summed E-state index contributed by atoms with van der Waals surface area (Å²) in [5.74, 6) is -0.219. The average molecular weight is 274 g/mol. The van der Waals surface area contributed by atoms with Gasteiger partial charge in [0.05, 0.1) is 0 Å². The first kappa shape index (κ1) is 13.5. The van der Waals surface area contributed by atoms with E-state index in [1.807, 2.05) is 0 Å². The van der Waals surface area contributed by atoms with Gasteiger partial charge in [0, 0.05) is 19.2 Å². The highest BCUT2D eigenvalue weighted by atomic mass is 19.4. The molecular formula is C12H13F3N2O2. The van der Waals surface area contributed by atoms with Crippen molar-refractivity contribution in [2.24, 2.45) is 0 Å². The molecule has 0 radical (unpaired) electrons. The summed E-state index contributed by atoms with van der Waals surface area (Å²) in [5.41, 5.74) is 0.640.